The van der Waals surface area contributed by atoms with Crippen LogP contribution in [0.5, 0.6) is 0 Å². The van der Waals surface area contributed by atoms with E-state index in [1.165, 1.54) is 12.4 Å². The smallest absolute Gasteiger partial charge is 0.147 e. The SMILES string of the molecule is CCCc1c(NCC)ncnc1Nc1c(F)cccc1Br. The summed E-state index contributed by atoms with van der Waals surface area (Å²) in [6, 6.07) is 4.86. The first kappa shape index (κ1) is 15.7. The van der Waals surface area contributed by atoms with E-state index < -0.39 is 0 Å². The number of hydrogen-bond donors (Lipinski definition) is 2. The minimum Gasteiger partial charge on any atom is -0.370 e. The Kier molecular flexibility index (Phi) is 5.50. The molecule has 2 rings (SSSR count). The monoisotopic (exact) mass is 352 g/mol. The first-order valence-electron chi connectivity index (χ1n) is 6.96. The number of halogens is 2. The van der Waals surface area contributed by atoms with Crippen LogP contribution in [0.15, 0.2) is 29.0 Å². The van der Waals surface area contributed by atoms with E-state index in [1.54, 1.807) is 12.1 Å². The number of rotatable bonds is 6. The molecular formula is C15H18BrFN4. The van der Waals surface area contributed by atoms with Crippen LogP contribution in [0.25, 0.3) is 0 Å². The van der Waals surface area contributed by atoms with Crippen LogP contribution in [0.2, 0.25) is 0 Å². The average molecular weight is 353 g/mol. The molecule has 0 fully saturated rings. The van der Waals surface area contributed by atoms with E-state index in [4.69, 9.17) is 0 Å². The summed E-state index contributed by atoms with van der Waals surface area (Å²) in [5.74, 6) is 1.10. The quantitative estimate of drug-likeness (QED) is 0.803. The number of hydrogen-bond acceptors (Lipinski definition) is 4. The highest BCUT2D eigenvalue weighted by atomic mass is 79.9. The van der Waals surface area contributed by atoms with Crippen LogP contribution >= 0.6 is 15.9 Å². The van der Waals surface area contributed by atoms with E-state index in [9.17, 15) is 4.39 Å². The summed E-state index contributed by atoms with van der Waals surface area (Å²) in [6.45, 7) is 4.88. The highest BCUT2D eigenvalue weighted by Crippen LogP contribution is 2.31. The fourth-order valence-corrected chi connectivity index (χ4v) is 2.50. The molecule has 0 bridgehead atoms. The van der Waals surface area contributed by atoms with Crippen molar-refractivity contribution in [2.45, 2.75) is 26.7 Å². The lowest BCUT2D eigenvalue weighted by atomic mass is 10.1. The zero-order chi connectivity index (χ0) is 15.2. The van der Waals surface area contributed by atoms with Gasteiger partial charge in [0.05, 0.1) is 5.69 Å². The molecule has 1 aromatic carbocycles. The molecule has 112 valence electrons. The van der Waals surface area contributed by atoms with E-state index >= 15 is 0 Å². The van der Waals surface area contributed by atoms with Gasteiger partial charge in [-0.3, -0.25) is 0 Å². The molecule has 0 aliphatic carbocycles. The Labute approximate surface area is 132 Å². The molecule has 0 radical (unpaired) electrons. The molecule has 4 nitrogen and oxygen atoms in total. The second kappa shape index (κ2) is 7.36. The van der Waals surface area contributed by atoms with Crippen molar-refractivity contribution in [1.82, 2.24) is 9.97 Å². The van der Waals surface area contributed by atoms with Crippen LogP contribution in [0.3, 0.4) is 0 Å². The molecule has 6 heteroatoms. The fraction of sp³-hybridized carbons (Fsp3) is 0.333. The molecule has 0 spiro atoms. The van der Waals surface area contributed by atoms with E-state index in [2.05, 4.69) is 43.5 Å². The summed E-state index contributed by atoms with van der Waals surface area (Å²) >= 11 is 3.36. The van der Waals surface area contributed by atoms with Crippen molar-refractivity contribution < 1.29 is 4.39 Å². The van der Waals surface area contributed by atoms with Gasteiger partial charge in [-0.05, 0) is 41.4 Å². The third-order valence-corrected chi connectivity index (χ3v) is 3.66. The maximum Gasteiger partial charge on any atom is 0.147 e. The summed E-state index contributed by atoms with van der Waals surface area (Å²) < 4.78 is 14.6. The van der Waals surface area contributed by atoms with Crippen LogP contribution < -0.4 is 10.6 Å². The molecule has 21 heavy (non-hydrogen) atoms. The molecule has 0 atom stereocenters. The van der Waals surface area contributed by atoms with Crippen molar-refractivity contribution in [2.75, 3.05) is 17.2 Å². The van der Waals surface area contributed by atoms with Gasteiger partial charge in [-0.15, -0.1) is 0 Å². The Morgan fingerprint density at radius 3 is 2.62 bits per heavy atom. The third-order valence-electron chi connectivity index (χ3n) is 3.00. The summed E-state index contributed by atoms with van der Waals surface area (Å²) in [5, 5.41) is 6.30. The van der Waals surface area contributed by atoms with Crippen LogP contribution in [0.4, 0.5) is 21.7 Å². The standard InChI is InChI=1S/C15H18BrFN4/c1-3-6-10-14(18-4-2)19-9-20-15(10)21-13-11(16)7-5-8-12(13)17/h5,7-9H,3-4,6H2,1-2H3,(H2,18,19,20,21). The molecule has 0 unspecified atom stereocenters. The van der Waals surface area contributed by atoms with Crippen LogP contribution in [-0.2, 0) is 6.42 Å². The van der Waals surface area contributed by atoms with Gasteiger partial charge in [0.15, 0.2) is 0 Å². The molecule has 0 aliphatic heterocycles. The number of nitrogens with one attached hydrogen (secondary N) is 2. The van der Waals surface area contributed by atoms with Gasteiger partial charge in [0.2, 0.25) is 0 Å². The first-order chi connectivity index (χ1) is 10.2. The van der Waals surface area contributed by atoms with Crippen molar-refractivity contribution >= 4 is 33.3 Å². The number of para-hydroxylation sites is 1. The molecule has 2 N–H and O–H groups in total. The second-order valence-corrected chi connectivity index (χ2v) is 5.41. The third kappa shape index (κ3) is 3.69. The van der Waals surface area contributed by atoms with E-state index in [0.717, 1.165) is 30.8 Å². The second-order valence-electron chi connectivity index (χ2n) is 4.55. The maximum absolute atomic E-state index is 14.0. The number of benzene rings is 1. The van der Waals surface area contributed by atoms with Crippen LogP contribution in [0.1, 0.15) is 25.8 Å². The highest BCUT2D eigenvalue weighted by Gasteiger charge is 2.13. The Morgan fingerprint density at radius 1 is 1.19 bits per heavy atom. The molecule has 0 aliphatic rings. The van der Waals surface area contributed by atoms with Crippen molar-refractivity contribution in [2.24, 2.45) is 0 Å². The predicted octanol–water partition coefficient (Wildman–Crippen LogP) is 4.51. The first-order valence-corrected chi connectivity index (χ1v) is 7.75. The Balaban J connectivity index is 2.41. The van der Waals surface area contributed by atoms with Gasteiger partial charge in [-0.25, -0.2) is 14.4 Å². The number of nitrogens with zero attached hydrogens (tertiary/aromatic N) is 2. The lowest BCUT2D eigenvalue weighted by Gasteiger charge is -2.15. The van der Waals surface area contributed by atoms with Crippen molar-refractivity contribution in [1.29, 1.82) is 0 Å². The van der Waals surface area contributed by atoms with Gasteiger partial charge >= 0.3 is 0 Å². The normalized spacial score (nSPS) is 10.5. The molecule has 1 heterocycles. The average Bonchev–Trinajstić information content (AvgIpc) is 2.46. The Hall–Kier alpha value is -1.69. The Bertz CT molecular complexity index is 598. The Morgan fingerprint density at radius 2 is 1.95 bits per heavy atom. The molecular weight excluding hydrogens is 335 g/mol. The molecule has 2 aromatic rings. The van der Waals surface area contributed by atoms with Gasteiger partial charge in [-0.2, -0.15) is 0 Å². The van der Waals surface area contributed by atoms with E-state index in [1.807, 2.05) is 6.92 Å². The topological polar surface area (TPSA) is 49.8 Å². The molecule has 0 saturated carbocycles. The van der Waals surface area contributed by atoms with Crippen LogP contribution in [-0.4, -0.2) is 16.5 Å². The molecule has 0 saturated heterocycles. The van der Waals surface area contributed by atoms with Gasteiger partial charge in [0.25, 0.3) is 0 Å². The van der Waals surface area contributed by atoms with Gasteiger partial charge in [-0.1, -0.05) is 19.4 Å². The highest BCUT2D eigenvalue weighted by molar-refractivity contribution is 9.10. The zero-order valence-corrected chi connectivity index (χ0v) is 13.7. The minimum absolute atomic E-state index is 0.324. The van der Waals surface area contributed by atoms with Gasteiger partial charge in [0.1, 0.15) is 23.8 Å². The predicted molar refractivity (Wildman–Crippen MR) is 87.6 cm³/mol. The summed E-state index contributed by atoms with van der Waals surface area (Å²) in [6.07, 6.45) is 3.25. The molecule has 0 amide bonds. The number of anilines is 3. The van der Waals surface area contributed by atoms with Gasteiger partial charge < -0.3 is 10.6 Å². The van der Waals surface area contributed by atoms with Crippen LogP contribution in [0, 0.1) is 5.82 Å². The molecule has 1 aromatic heterocycles. The summed E-state index contributed by atoms with van der Waals surface area (Å²) in [4.78, 5) is 8.53. The lowest BCUT2D eigenvalue weighted by molar-refractivity contribution is 0.631. The summed E-state index contributed by atoms with van der Waals surface area (Å²) in [5.41, 5.74) is 1.35. The number of aromatic nitrogens is 2. The van der Waals surface area contributed by atoms with Gasteiger partial charge in [0, 0.05) is 16.6 Å². The largest absolute Gasteiger partial charge is 0.370 e. The van der Waals surface area contributed by atoms with E-state index in [-0.39, 0.29) is 5.82 Å². The van der Waals surface area contributed by atoms with Crippen molar-refractivity contribution in [3.8, 4) is 0 Å². The minimum atomic E-state index is -0.324. The maximum atomic E-state index is 14.0. The van der Waals surface area contributed by atoms with Crippen molar-refractivity contribution in [3.63, 3.8) is 0 Å². The zero-order valence-electron chi connectivity index (χ0n) is 12.1. The van der Waals surface area contributed by atoms with Crippen molar-refractivity contribution in [3.05, 3.63) is 40.4 Å². The summed E-state index contributed by atoms with van der Waals surface area (Å²) in [7, 11) is 0. The fourth-order valence-electron chi connectivity index (χ4n) is 2.06. The lowest BCUT2D eigenvalue weighted by Crippen LogP contribution is -2.08. The van der Waals surface area contributed by atoms with E-state index in [0.29, 0.717) is 16.0 Å².